The number of aromatic nitrogens is 2. The molecule has 9 rings (SSSR count). The molecule has 5 fully saturated rings. The normalized spacial score (nSPS) is 29.5. The van der Waals surface area contributed by atoms with Gasteiger partial charge in [0.25, 0.3) is 0 Å². The minimum absolute atomic E-state index is 0.0268. The lowest BCUT2D eigenvalue weighted by Crippen LogP contribution is -2.75. The van der Waals surface area contributed by atoms with Gasteiger partial charge < -0.3 is 24.8 Å². The number of methoxy groups -OCH3 is 1. The lowest BCUT2D eigenvalue weighted by molar-refractivity contribution is -0.193. The number of hydrogen-bond acceptors (Lipinski definition) is 8. The first-order chi connectivity index (χ1) is 23.8. The van der Waals surface area contributed by atoms with Crippen LogP contribution < -0.4 is 15.0 Å². The molecular weight excluding hydrogens is 624 g/mol. The van der Waals surface area contributed by atoms with Crippen molar-refractivity contribution in [2.45, 2.75) is 89.1 Å². The number of aryl methyl sites for hydroxylation is 1. The van der Waals surface area contributed by atoms with Crippen molar-refractivity contribution in [1.82, 2.24) is 20.2 Å². The van der Waals surface area contributed by atoms with Gasteiger partial charge in [-0.3, -0.25) is 4.90 Å². The Morgan fingerprint density at radius 1 is 1.08 bits per heavy atom. The SMILES string of the molecule is CCc1cccc2cc(O)cc(-c3c(F)cc4c(N5CC6CCC(C5)N6)nc(OCC(C)CN5C6CCC67CC(OC)CC57)nc4c3F)c12. The van der Waals surface area contributed by atoms with E-state index in [4.69, 9.17) is 14.5 Å². The number of ether oxygens (including phenoxy) is 2. The fourth-order valence-electron chi connectivity index (χ4n) is 10.2. The number of nitrogens with one attached hydrogen (secondary N) is 1. The van der Waals surface area contributed by atoms with Gasteiger partial charge in [-0.05, 0) is 85.0 Å². The van der Waals surface area contributed by atoms with Gasteiger partial charge in [0.2, 0.25) is 0 Å². The average Bonchev–Trinajstić information content (AvgIpc) is 3.64. The van der Waals surface area contributed by atoms with E-state index in [0.717, 1.165) is 42.1 Å². The Bertz CT molecular complexity index is 1950. The number of aromatic hydroxyl groups is 1. The zero-order valence-corrected chi connectivity index (χ0v) is 28.5. The lowest BCUT2D eigenvalue weighted by Gasteiger charge is -2.69. The minimum atomic E-state index is -0.775. The van der Waals surface area contributed by atoms with Gasteiger partial charge >= 0.3 is 6.01 Å². The molecule has 3 aliphatic heterocycles. The van der Waals surface area contributed by atoms with E-state index in [1.54, 1.807) is 6.07 Å². The van der Waals surface area contributed by atoms with E-state index >= 15 is 8.78 Å². The summed E-state index contributed by atoms with van der Waals surface area (Å²) >= 11 is 0. The molecule has 1 aromatic heterocycles. The van der Waals surface area contributed by atoms with Gasteiger partial charge in [0, 0.05) is 67.6 Å². The second-order valence-electron chi connectivity index (χ2n) is 15.4. The summed E-state index contributed by atoms with van der Waals surface area (Å²) in [7, 11) is 1.83. The molecule has 2 aliphatic carbocycles. The van der Waals surface area contributed by atoms with Crippen LogP contribution in [0.25, 0.3) is 32.8 Å². The van der Waals surface area contributed by atoms with Crippen molar-refractivity contribution in [1.29, 1.82) is 0 Å². The molecule has 7 atom stereocenters. The zero-order chi connectivity index (χ0) is 33.6. The van der Waals surface area contributed by atoms with Gasteiger partial charge in [-0.2, -0.15) is 9.97 Å². The molecule has 2 bridgehead atoms. The molecule has 3 saturated heterocycles. The van der Waals surface area contributed by atoms with E-state index in [1.165, 1.54) is 31.4 Å². The highest BCUT2D eigenvalue weighted by Gasteiger charge is 2.69. The Hall–Kier alpha value is -3.60. The van der Waals surface area contributed by atoms with Crippen LogP contribution in [0.3, 0.4) is 0 Å². The Labute approximate surface area is 285 Å². The van der Waals surface area contributed by atoms with Crippen LogP contribution in [-0.4, -0.2) is 83.6 Å². The molecule has 258 valence electrons. The summed E-state index contributed by atoms with van der Waals surface area (Å²) in [4.78, 5) is 14.3. The van der Waals surface area contributed by atoms with Crippen LogP contribution in [0.15, 0.2) is 36.4 Å². The number of hydrogen-bond donors (Lipinski definition) is 2. The largest absolute Gasteiger partial charge is 0.508 e. The number of halogens is 2. The van der Waals surface area contributed by atoms with E-state index in [2.05, 4.69) is 27.0 Å². The number of fused-ring (bicyclic) bond motifs is 4. The van der Waals surface area contributed by atoms with E-state index in [1.807, 2.05) is 32.2 Å². The Morgan fingerprint density at radius 3 is 2.63 bits per heavy atom. The molecule has 10 heteroatoms. The molecule has 2 saturated carbocycles. The second kappa shape index (κ2) is 11.7. The summed E-state index contributed by atoms with van der Waals surface area (Å²) in [5, 5.41) is 16.1. The smallest absolute Gasteiger partial charge is 0.319 e. The summed E-state index contributed by atoms with van der Waals surface area (Å²) < 4.78 is 45.4. The van der Waals surface area contributed by atoms with Gasteiger partial charge in [0.05, 0.1) is 18.3 Å². The van der Waals surface area contributed by atoms with Crippen LogP contribution in [0.5, 0.6) is 11.8 Å². The molecule has 1 spiro atoms. The van der Waals surface area contributed by atoms with Gasteiger partial charge in [-0.25, -0.2) is 8.78 Å². The van der Waals surface area contributed by atoms with Crippen LogP contribution in [0, 0.1) is 23.0 Å². The number of piperazine rings is 1. The molecular formula is C39H45F2N5O3. The van der Waals surface area contributed by atoms with Crippen LogP contribution >= 0.6 is 0 Å². The van der Waals surface area contributed by atoms with Crippen LogP contribution in [-0.2, 0) is 11.2 Å². The summed E-state index contributed by atoms with van der Waals surface area (Å²) in [6.45, 7) is 6.90. The number of anilines is 1. The molecule has 3 aromatic carbocycles. The van der Waals surface area contributed by atoms with Crippen molar-refractivity contribution >= 4 is 27.5 Å². The first-order valence-corrected chi connectivity index (χ1v) is 18.1. The van der Waals surface area contributed by atoms with E-state index in [9.17, 15) is 5.11 Å². The number of phenols is 1. The Morgan fingerprint density at radius 2 is 1.90 bits per heavy atom. The molecule has 4 aromatic rings. The predicted molar refractivity (Wildman–Crippen MR) is 186 cm³/mol. The third kappa shape index (κ3) is 4.92. The molecule has 0 amide bonds. The van der Waals surface area contributed by atoms with Crippen molar-refractivity contribution in [3.63, 3.8) is 0 Å². The maximum atomic E-state index is 17.0. The number of rotatable bonds is 9. The van der Waals surface area contributed by atoms with E-state index < -0.39 is 11.6 Å². The average molecular weight is 670 g/mol. The molecule has 0 radical (unpaired) electrons. The second-order valence-corrected chi connectivity index (χ2v) is 15.4. The third-order valence-corrected chi connectivity index (χ3v) is 12.5. The van der Waals surface area contributed by atoms with Crippen LogP contribution in [0.2, 0.25) is 0 Å². The van der Waals surface area contributed by atoms with Crippen molar-refractivity contribution < 1.29 is 23.4 Å². The zero-order valence-electron chi connectivity index (χ0n) is 28.5. The standard InChI is InChI=1S/C39H45F2N5O3/c1-4-22-6-5-7-23-12-26(47)13-28(33(22)23)34-30(40)15-29-36(35(34)41)43-38(44-37(29)45-18-24-8-9-25(19-45)42-24)49-20-21(2)17-46-31-10-11-39(31)16-27(48-3)14-32(39)46/h5-7,12-13,15,21,24-25,27,31-32,42,47H,4,8-11,14,16-20H2,1-3H3. The van der Waals surface area contributed by atoms with Gasteiger partial charge in [0.15, 0.2) is 5.82 Å². The Balaban J connectivity index is 1.08. The van der Waals surface area contributed by atoms with Crippen molar-refractivity contribution in [2.24, 2.45) is 11.3 Å². The quantitative estimate of drug-likeness (QED) is 0.207. The lowest BCUT2D eigenvalue weighted by atomic mass is 9.53. The monoisotopic (exact) mass is 669 g/mol. The number of benzene rings is 3. The van der Waals surface area contributed by atoms with Crippen LogP contribution in [0.1, 0.15) is 57.9 Å². The molecule has 49 heavy (non-hydrogen) atoms. The predicted octanol–water partition coefficient (Wildman–Crippen LogP) is 6.59. The topological polar surface area (TPSA) is 83.0 Å². The molecule has 7 unspecified atom stereocenters. The minimum Gasteiger partial charge on any atom is -0.508 e. The highest BCUT2D eigenvalue weighted by molar-refractivity contribution is 6.03. The number of likely N-dealkylation sites (tertiary alicyclic amines) is 1. The number of piperidine rings is 1. The maximum Gasteiger partial charge on any atom is 0.319 e. The first kappa shape index (κ1) is 31.4. The molecule has 8 nitrogen and oxygen atoms in total. The van der Waals surface area contributed by atoms with E-state index in [-0.39, 0.29) is 28.8 Å². The van der Waals surface area contributed by atoms with Gasteiger partial charge in [0.1, 0.15) is 22.9 Å². The maximum absolute atomic E-state index is 17.0. The highest BCUT2D eigenvalue weighted by atomic mass is 19.1. The summed E-state index contributed by atoms with van der Waals surface area (Å²) in [5.74, 6) is -0.827. The summed E-state index contributed by atoms with van der Waals surface area (Å²) in [5.41, 5.74) is 1.53. The molecule has 2 N–H and O–H groups in total. The fraction of sp³-hybridized carbons (Fsp3) is 0.538. The highest BCUT2D eigenvalue weighted by Crippen LogP contribution is 2.65. The Kier molecular flexibility index (Phi) is 7.52. The summed E-state index contributed by atoms with van der Waals surface area (Å²) in [6, 6.07) is 12.1. The number of phenolic OH excluding ortho intramolecular Hbond substituents is 1. The van der Waals surface area contributed by atoms with Gasteiger partial charge in [-0.1, -0.05) is 32.0 Å². The van der Waals surface area contributed by atoms with E-state index in [0.29, 0.717) is 78.6 Å². The van der Waals surface area contributed by atoms with Crippen molar-refractivity contribution in [3.05, 3.63) is 53.6 Å². The molecule has 4 heterocycles. The summed E-state index contributed by atoms with van der Waals surface area (Å²) in [6.07, 6.45) is 7.97. The van der Waals surface area contributed by atoms with Crippen LogP contribution in [0.4, 0.5) is 14.6 Å². The fourth-order valence-corrected chi connectivity index (χ4v) is 10.2. The third-order valence-electron chi connectivity index (χ3n) is 12.5. The van der Waals surface area contributed by atoms with Crippen molar-refractivity contribution in [3.8, 4) is 22.9 Å². The van der Waals surface area contributed by atoms with Gasteiger partial charge in [-0.15, -0.1) is 0 Å². The number of nitrogens with zero attached hydrogens (tertiary/aromatic N) is 4. The van der Waals surface area contributed by atoms with Crippen molar-refractivity contribution in [2.75, 3.05) is 38.3 Å². The molecule has 5 aliphatic rings. The first-order valence-electron chi connectivity index (χ1n) is 18.1.